The molecule has 0 spiro atoms. The lowest BCUT2D eigenvalue weighted by Gasteiger charge is -2.14. The zero-order valence-electron chi connectivity index (χ0n) is 34.8. The molecule has 0 aliphatic carbocycles. The van der Waals surface area contributed by atoms with E-state index in [9.17, 15) is 46.8 Å². The van der Waals surface area contributed by atoms with Crippen LogP contribution in [0, 0.1) is 0 Å². The number of esters is 1. The SMILES string of the molecule is O=C(CCCOCCOCC(=O)NCCOCCOCC(=O)Oc1c(Cl)cc(Cl)cc1S(=O)(=O)O)CC[C@H](NC(=O)CCCCCCCCCOc1ccc(C(=O)O)cc1)C(=O)O. The van der Waals surface area contributed by atoms with E-state index >= 15 is 0 Å². The van der Waals surface area contributed by atoms with Crippen molar-refractivity contribution in [1.82, 2.24) is 10.6 Å². The highest BCUT2D eigenvalue weighted by atomic mass is 35.5. The minimum absolute atomic E-state index is 0.000670. The van der Waals surface area contributed by atoms with Gasteiger partial charge in [0.15, 0.2) is 5.75 Å². The number of hydrogen-bond donors (Lipinski definition) is 5. The van der Waals surface area contributed by atoms with Gasteiger partial charge in [-0.15, -0.1) is 0 Å². The number of nitrogens with one attached hydrogen (secondary N) is 2. The summed E-state index contributed by atoms with van der Waals surface area (Å²) in [6, 6.07) is 7.12. The van der Waals surface area contributed by atoms with Crippen LogP contribution in [-0.4, -0.2) is 131 Å². The summed E-state index contributed by atoms with van der Waals surface area (Å²) in [5.74, 6) is -4.04. The van der Waals surface area contributed by atoms with Gasteiger partial charge in [-0.1, -0.05) is 55.3 Å². The van der Waals surface area contributed by atoms with Gasteiger partial charge in [-0.2, -0.15) is 8.42 Å². The predicted molar refractivity (Wildman–Crippen MR) is 227 cm³/mol. The number of benzene rings is 2. The van der Waals surface area contributed by atoms with Crippen molar-refractivity contribution in [3.63, 3.8) is 0 Å². The average molecular weight is 952 g/mol. The molecule has 0 unspecified atom stereocenters. The Morgan fingerprint density at radius 3 is 1.94 bits per heavy atom. The number of ketones is 1. The van der Waals surface area contributed by atoms with Crippen LogP contribution in [0.4, 0.5) is 0 Å². The highest BCUT2D eigenvalue weighted by Gasteiger charge is 2.24. The lowest BCUT2D eigenvalue weighted by Crippen LogP contribution is -2.41. The third-order valence-corrected chi connectivity index (χ3v) is 10.1. The Labute approximate surface area is 376 Å². The van der Waals surface area contributed by atoms with Gasteiger partial charge in [0.05, 0.1) is 50.2 Å². The first-order valence-electron chi connectivity index (χ1n) is 20.3. The van der Waals surface area contributed by atoms with Crippen LogP contribution in [0.15, 0.2) is 41.3 Å². The summed E-state index contributed by atoms with van der Waals surface area (Å²) in [5.41, 5.74) is 0.208. The third-order valence-electron chi connectivity index (χ3n) is 8.74. The average Bonchev–Trinajstić information content (AvgIpc) is 3.22. The summed E-state index contributed by atoms with van der Waals surface area (Å²) >= 11 is 11.6. The highest BCUT2D eigenvalue weighted by Crippen LogP contribution is 2.35. The van der Waals surface area contributed by atoms with Gasteiger partial charge >= 0.3 is 17.9 Å². The molecule has 0 saturated carbocycles. The fourth-order valence-corrected chi connectivity index (χ4v) is 6.84. The second-order valence-corrected chi connectivity index (χ2v) is 16.1. The molecule has 2 aromatic carbocycles. The van der Waals surface area contributed by atoms with Gasteiger partial charge in [0, 0.05) is 37.4 Å². The van der Waals surface area contributed by atoms with Crippen molar-refractivity contribution in [1.29, 1.82) is 0 Å². The van der Waals surface area contributed by atoms with Gasteiger partial charge in [0.1, 0.15) is 35.7 Å². The molecule has 63 heavy (non-hydrogen) atoms. The van der Waals surface area contributed by atoms with E-state index in [2.05, 4.69) is 10.6 Å². The Kier molecular flexibility index (Phi) is 27.3. The monoisotopic (exact) mass is 950 g/mol. The van der Waals surface area contributed by atoms with Crippen molar-refractivity contribution in [3.05, 3.63) is 52.0 Å². The Hall–Kier alpha value is -4.41. The van der Waals surface area contributed by atoms with E-state index in [1.807, 2.05) is 0 Å². The lowest BCUT2D eigenvalue weighted by atomic mass is 10.1. The maximum Gasteiger partial charge on any atom is 0.337 e. The molecular weight excluding hydrogens is 895 g/mol. The fourth-order valence-electron chi connectivity index (χ4n) is 5.53. The Morgan fingerprint density at radius 1 is 0.667 bits per heavy atom. The number of aliphatic carboxylic acids is 1. The van der Waals surface area contributed by atoms with Crippen LogP contribution >= 0.6 is 23.2 Å². The van der Waals surface area contributed by atoms with E-state index in [-0.39, 0.29) is 106 Å². The molecule has 2 amide bonds. The fraction of sp³-hybridized carbons (Fsp3) is 0.561. The molecule has 5 N–H and O–H groups in total. The van der Waals surface area contributed by atoms with Gasteiger partial charge in [-0.05, 0) is 62.1 Å². The summed E-state index contributed by atoms with van der Waals surface area (Å²) in [7, 11) is -4.78. The van der Waals surface area contributed by atoms with E-state index in [0.717, 1.165) is 50.7 Å². The molecule has 0 aliphatic rings. The number of amides is 2. The normalized spacial score (nSPS) is 11.7. The molecule has 1 atom stereocenters. The molecule has 0 aromatic heterocycles. The van der Waals surface area contributed by atoms with Crippen molar-refractivity contribution in [2.24, 2.45) is 0 Å². The minimum Gasteiger partial charge on any atom is -0.494 e. The predicted octanol–water partition coefficient (Wildman–Crippen LogP) is 4.93. The van der Waals surface area contributed by atoms with E-state index < -0.39 is 57.2 Å². The first-order chi connectivity index (χ1) is 30.1. The second kappa shape index (κ2) is 31.4. The van der Waals surface area contributed by atoms with Crippen LogP contribution in [0.1, 0.15) is 87.4 Å². The summed E-state index contributed by atoms with van der Waals surface area (Å²) < 4.78 is 64.1. The number of hydrogen-bond acceptors (Lipinski definition) is 14. The first-order valence-corrected chi connectivity index (χ1v) is 22.5. The minimum atomic E-state index is -4.78. The van der Waals surface area contributed by atoms with Gasteiger partial charge in [-0.3, -0.25) is 18.9 Å². The molecule has 352 valence electrons. The number of Topliss-reactive ketones (excluding diaryl/α,β-unsaturated/α-hetero) is 1. The molecule has 0 saturated heterocycles. The molecule has 2 rings (SSSR count). The van der Waals surface area contributed by atoms with Crippen molar-refractivity contribution in [2.45, 2.75) is 88.0 Å². The largest absolute Gasteiger partial charge is 0.494 e. The van der Waals surface area contributed by atoms with Gasteiger partial charge in [-0.25, -0.2) is 14.4 Å². The molecule has 0 fully saturated rings. The van der Waals surface area contributed by atoms with E-state index in [1.54, 1.807) is 12.1 Å². The second-order valence-electron chi connectivity index (χ2n) is 13.9. The van der Waals surface area contributed by atoms with Crippen LogP contribution in [-0.2, 0) is 53.0 Å². The quantitative estimate of drug-likeness (QED) is 0.0262. The van der Waals surface area contributed by atoms with Crippen LogP contribution in [0.2, 0.25) is 10.0 Å². The standard InChI is InChI=1S/C41H56Cl2N2O17S/c42-30-25-33(43)39(35(26-30)63(54,55)56)62-38(49)28-60-24-22-58-20-17-44-37(48)27-59-23-21-57-18-8-9-31(46)13-16-34(41(52)53)45-36(47)10-6-4-2-1-3-5-7-19-61-32-14-11-29(12-15-32)40(50)51/h11-12,14-15,25-26,34H,1-10,13,16-24,27-28H2,(H,44,48)(H,45,47)(H,50,51)(H,52,53)(H,54,55,56)/t34-/m0/s1. The number of carboxylic acid groups (broad SMARTS) is 2. The molecule has 0 bridgehead atoms. The number of carboxylic acids is 2. The summed E-state index contributed by atoms with van der Waals surface area (Å²) in [6.07, 6.45) is 7.05. The van der Waals surface area contributed by atoms with Crippen molar-refractivity contribution in [3.8, 4) is 11.5 Å². The highest BCUT2D eigenvalue weighted by molar-refractivity contribution is 7.86. The van der Waals surface area contributed by atoms with E-state index in [4.69, 9.17) is 56.7 Å². The Balaban J connectivity index is 1.39. The molecule has 0 aliphatic heterocycles. The molecule has 0 radical (unpaired) electrons. The number of ether oxygens (including phenoxy) is 6. The van der Waals surface area contributed by atoms with Crippen LogP contribution in [0.25, 0.3) is 0 Å². The van der Waals surface area contributed by atoms with Crippen molar-refractivity contribution < 1.29 is 80.4 Å². The first kappa shape index (κ1) is 54.7. The van der Waals surface area contributed by atoms with Crippen LogP contribution in [0.3, 0.4) is 0 Å². The third kappa shape index (κ3) is 25.5. The summed E-state index contributed by atoms with van der Waals surface area (Å²) in [5, 5.41) is 23.2. The zero-order chi connectivity index (χ0) is 46.5. The van der Waals surface area contributed by atoms with Crippen molar-refractivity contribution in [2.75, 3.05) is 66.0 Å². The number of carbonyl (C=O) groups excluding carboxylic acids is 4. The maximum absolute atomic E-state index is 12.3. The summed E-state index contributed by atoms with van der Waals surface area (Å²) in [4.78, 5) is 70.4. The van der Waals surface area contributed by atoms with Gasteiger partial charge in [0.2, 0.25) is 11.8 Å². The number of halogens is 2. The van der Waals surface area contributed by atoms with E-state index in [1.165, 1.54) is 12.1 Å². The molecule has 19 nitrogen and oxygen atoms in total. The van der Waals surface area contributed by atoms with Crippen LogP contribution < -0.4 is 20.1 Å². The summed E-state index contributed by atoms with van der Waals surface area (Å²) in [6.45, 7) is 0.635. The maximum atomic E-state index is 12.3. The Bertz CT molecular complexity index is 1870. The molecule has 22 heteroatoms. The zero-order valence-corrected chi connectivity index (χ0v) is 37.1. The Morgan fingerprint density at radius 2 is 1.29 bits per heavy atom. The van der Waals surface area contributed by atoms with E-state index in [0.29, 0.717) is 25.2 Å². The molecular formula is C41H56Cl2N2O17S. The smallest absolute Gasteiger partial charge is 0.337 e. The number of unbranched alkanes of at least 4 members (excludes halogenated alkanes) is 6. The van der Waals surface area contributed by atoms with Crippen LogP contribution in [0.5, 0.6) is 11.5 Å². The molecule has 2 aromatic rings. The number of rotatable bonds is 36. The van der Waals surface area contributed by atoms with Crippen molar-refractivity contribution >= 4 is 68.8 Å². The molecule has 0 heterocycles. The van der Waals surface area contributed by atoms with Gasteiger partial charge in [0.25, 0.3) is 10.1 Å². The lowest BCUT2D eigenvalue weighted by molar-refractivity contribution is -0.142. The van der Waals surface area contributed by atoms with Gasteiger partial charge < -0.3 is 49.3 Å². The number of aromatic carboxylic acids is 1. The number of carbonyl (C=O) groups is 6. The topological polar surface area (TPSA) is 277 Å².